The van der Waals surface area contributed by atoms with Crippen molar-refractivity contribution in [1.82, 2.24) is 5.32 Å². The average Bonchev–Trinajstić information content (AvgIpc) is 2.81. The predicted molar refractivity (Wildman–Crippen MR) is 120 cm³/mol. The third-order valence-corrected chi connectivity index (χ3v) is 6.11. The van der Waals surface area contributed by atoms with Crippen LogP contribution in [0.1, 0.15) is 5.56 Å². The van der Waals surface area contributed by atoms with Gasteiger partial charge in [0.25, 0.3) is 0 Å². The van der Waals surface area contributed by atoms with Gasteiger partial charge in [-0.15, -0.1) is 6.58 Å². The monoisotopic (exact) mass is 407 g/mol. The van der Waals surface area contributed by atoms with Crippen molar-refractivity contribution in [2.24, 2.45) is 5.92 Å². The molecule has 2 aromatic rings. The van der Waals surface area contributed by atoms with Crippen LogP contribution in [-0.4, -0.2) is 52.3 Å². The summed E-state index contributed by atoms with van der Waals surface area (Å²) in [5.74, 6) is 1.64. The molecular weight excluding hydrogens is 378 g/mol. The first-order chi connectivity index (χ1) is 14.7. The number of nitrogens with zero attached hydrogens (tertiary/aromatic N) is 2. The second kappa shape index (κ2) is 8.69. The fourth-order valence-corrected chi connectivity index (χ4v) is 4.62. The van der Waals surface area contributed by atoms with Gasteiger partial charge in [-0.05, 0) is 30.2 Å². The Morgan fingerprint density at radius 3 is 2.77 bits per heavy atom. The molecule has 6 heteroatoms. The highest BCUT2D eigenvalue weighted by Gasteiger charge is 2.42. The van der Waals surface area contributed by atoms with Crippen LogP contribution in [0.15, 0.2) is 55.1 Å². The molecule has 0 aromatic heterocycles. The number of carbonyl (C=O) groups is 1. The third kappa shape index (κ3) is 3.70. The van der Waals surface area contributed by atoms with E-state index in [0.29, 0.717) is 13.0 Å². The zero-order chi connectivity index (χ0) is 21.1. The number of para-hydroxylation sites is 2. The lowest BCUT2D eigenvalue weighted by Gasteiger charge is -2.49. The van der Waals surface area contributed by atoms with Gasteiger partial charge in [-0.1, -0.05) is 24.3 Å². The first-order valence-corrected chi connectivity index (χ1v) is 10.4. The maximum Gasteiger partial charge on any atom is 0.225 e. The fraction of sp³-hybridized carbons (Fsp3) is 0.375. The average molecular weight is 408 g/mol. The summed E-state index contributed by atoms with van der Waals surface area (Å²) in [6, 6.07) is 14.3. The molecule has 1 saturated heterocycles. The van der Waals surface area contributed by atoms with Gasteiger partial charge in [0.1, 0.15) is 11.5 Å². The molecule has 1 amide bonds. The molecule has 1 fully saturated rings. The van der Waals surface area contributed by atoms with Crippen LogP contribution < -0.4 is 24.6 Å². The van der Waals surface area contributed by atoms with Gasteiger partial charge in [0.2, 0.25) is 5.91 Å². The summed E-state index contributed by atoms with van der Waals surface area (Å²) in [5.41, 5.74) is 3.43. The van der Waals surface area contributed by atoms with Crippen LogP contribution in [0, 0.1) is 5.92 Å². The van der Waals surface area contributed by atoms with Gasteiger partial charge in [-0.2, -0.15) is 0 Å². The minimum absolute atomic E-state index is 0.0630. The van der Waals surface area contributed by atoms with Crippen molar-refractivity contribution in [3.8, 4) is 11.5 Å². The number of piperazine rings is 1. The minimum Gasteiger partial charge on any atom is -0.497 e. The lowest BCUT2D eigenvalue weighted by atomic mass is 9.83. The summed E-state index contributed by atoms with van der Waals surface area (Å²) >= 11 is 0. The van der Waals surface area contributed by atoms with Gasteiger partial charge in [0.05, 0.1) is 31.9 Å². The summed E-state index contributed by atoms with van der Waals surface area (Å²) in [5, 5.41) is 3.01. The van der Waals surface area contributed by atoms with Crippen LogP contribution in [0.3, 0.4) is 0 Å². The molecule has 30 heavy (non-hydrogen) atoms. The molecule has 2 aliphatic rings. The highest BCUT2D eigenvalue weighted by Crippen LogP contribution is 2.40. The molecule has 0 saturated carbocycles. The van der Waals surface area contributed by atoms with Crippen molar-refractivity contribution in [2.45, 2.75) is 12.5 Å². The van der Waals surface area contributed by atoms with Crippen molar-refractivity contribution in [1.29, 1.82) is 0 Å². The molecule has 158 valence electrons. The van der Waals surface area contributed by atoms with Crippen molar-refractivity contribution in [3.63, 3.8) is 0 Å². The molecule has 0 unspecified atom stereocenters. The van der Waals surface area contributed by atoms with E-state index in [1.165, 1.54) is 11.3 Å². The third-order valence-electron chi connectivity index (χ3n) is 6.11. The maximum absolute atomic E-state index is 13.1. The Labute approximate surface area is 178 Å². The lowest BCUT2D eigenvalue weighted by Crippen LogP contribution is -2.61. The summed E-state index contributed by atoms with van der Waals surface area (Å²) in [6.45, 7) is 6.64. The number of fused-ring (bicyclic) bond motifs is 3. The van der Waals surface area contributed by atoms with E-state index in [9.17, 15) is 4.79 Å². The second-order valence-corrected chi connectivity index (χ2v) is 7.72. The number of hydrogen-bond acceptors (Lipinski definition) is 5. The number of benzene rings is 2. The zero-order valence-electron chi connectivity index (χ0n) is 17.6. The number of methoxy groups -OCH3 is 2. The number of rotatable bonds is 6. The molecule has 2 aromatic carbocycles. The highest BCUT2D eigenvalue weighted by molar-refractivity contribution is 5.82. The molecule has 6 nitrogen and oxygen atoms in total. The van der Waals surface area contributed by atoms with E-state index in [0.717, 1.165) is 36.8 Å². The van der Waals surface area contributed by atoms with Crippen LogP contribution in [0.4, 0.5) is 11.4 Å². The molecule has 0 spiro atoms. The van der Waals surface area contributed by atoms with E-state index < -0.39 is 0 Å². The Kier molecular flexibility index (Phi) is 5.84. The van der Waals surface area contributed by atoms with Crippen LogP contribution >= 0.6 is 0 Å². The lowest BCUT2D eigenvalue weighted by molar-refractivity contribution is -0.125. The van der Waals surface area contributed by atoms with Crippen LogP contribution in [0.5, 0.6) is 11.5 Å². The molecule has 0 radical (unpaired) electrons. The van der Waals surface area contributed by atoms with Gasteiger partial charge in [0, 0.05) is 37.9 Å². The molecule has 2 heterocycles. The van der Waals surface area contributed by atoms with E-state index in [1.54, 1.807) is 20.3 Å². The molecule has 0 bridgehead atoms. The fourth-order valence-electron chi connectivity index (χ4n) is 4.62. The van der Waals surface area contributed by atoms with Crippen molar-refractivity contribution < 1.29 is 14.3 Å². The normalized spacial score (nSPS) is 20.1. The topological polar surface area (TPSA) is 54.0 Å². The first-order valence-electron chi connectivity index (χ1n) is 10.4. The van der Waals surface area contributed by atoms with E-state index in [-0.39, 0.29) is 17.9 Å². The van der Waals surface area contributed by atoms with Gasteiger partial charge in [0.15, 0.2) is 0 Å². The Morgan fingerprint density at radius 2 is 2.00 bits per heavy atom. The quantitative estimate of drug-likeness (QED) is 0.747. The standard InChI is InChI=1S/C24H29N3O3/c1-4-11-25-24(28)19-14-17-9-10-18(29-2)15-21(17)27-13-12-26(16-22(19)27)20-7-5-6-8-23(20)30-3/h4-10,15,19,22H,1,11-14,16H2,2-3H3,(H,25,28)/t19-,22-/m0/s1. The van der Waals surface area contributed by atoms with Crippen molar-refractivity contribution in [3.05, 3.63) is 60.7 Å². The number of anilines is 2. The van der Waals surface area contributed by atoms with Gasteiger partial charge in [-0.25, -0.2) is 0 Å². The first kappa shape index (κ1) is 20.1. The number of carbonyl (C=O) groups excluding carboxylic acids is 1. The number of amides is 1. The molecule has 4 rings (SSSR count). The SMILES string of the molecule is C=CCNC(=O)[C@H]1Cc2ccc(OC)cc2N2CCN(c3ccccc3OC)C[C@@H]12. The van der Waals surface area contributed by atoms with Crippen LogP contribution in [0.25, 0.3) is 0 Å². The van der Waals surface area contributed by atoms with Gasteiger partial charge in [-0.3, -0.25) is 4.79 Å². The molecule has 2 aliphatic heterocycles. The van der Waals surface area contributed by atoms with Gasteiger partial charge < -0.3 is 24.6 Å². The zero-order valence-corrected chi connectivity index (χ0v) is 17.6. The van der Waals surface area contributed by atoms with E-state index >= 15 is 0 Å². The Balaban J connectivity index is 1.68. The Hall–Kier alpha value is -3.15. The summed E-state index contributed by atoms with van der Waals surface area (Å²) in [6.07, 6.45) is 2.43. The molecular formula is C24H29N3O3. The largest absolute Gasteiger partial charge is 0.497 e. The van der Waals surface area contributed by atoms with E-state index in [4.69, 9.17) is 9.47 Å². The highest BCUT2D eigenvalue weighted by atomic mass is 16.5. The Morgan fingerprint density at radius 1 is 1.17 bits per heavy atom. The van der Waals surface area contributed by atoms with Crippen LogP contribution in [0.2, 0.25) is 0 Å². The van der Waals surface area contributed by atoms with Gasteiger partial charge >= 0.3 is 0 Å². The second-order valence-electron chi connectivity index (χ2n) is 7.72. The maximum atomic E-state index is 13.1. The summed E-state index contributed by atoms with van der Waals surface area (Å²) in [7, 11) is 3.39. The molecule has 0 aliphatic carbocycles. The summed E-state index contributed by atoms with van der Waals surface area (Å²) in [4.78, 5) is 17.8. The van der Waals surface area contributed by atoms with Crippen molar-refractivity contribution >= 4 is 17.3 Å². The number of ether oxygens (including phenoxy) is 2. The minimum atomic E-state index is -0.136. The predicted octanol–water partition coefficient (Wildman–Crippen LogP) is 2.87. The Bertz CT molecular complexity index is 930. The summed E-state index contributed by atoms with van der Waals surface area (Å²) < 4.78 is 11.1. The smallest absolute Gasteiger partial charge is 0.225 e. The number of nitrogens with one attached hydrogen (secondary N) is 1. The van der Waals surface area contributed by atoms with Crippen molar-refractivity contribution in [2.75, 3.05) is 50.2 Å². The van der Waals surface area contributed by atoms with Crippen LogP contribution in [-0.2, 0) is 11.2 Å². The molecule has 2 atom stereocenters. The number of hydrogen-bond donors (Lipinski definition) is 1. The molecule has 1 N–H and O–H groups in total. The van der Waals surface area contributed by atoms with E-state index in [2.05, 4.69) is 39.9 Å². The van der Waals surface area contributed by atoms with E-state index in [1.807, 2.05) is 24.3 Å².